The second kappa shape index (κ2) is 13.5. The van der Waals surface area contributed by atoms with Gasteiger partial charge in [-0.25, -0.2) is 0 Å². The molecule has 242 valence electrons. The molecule has 0 saturated carbocycles. The van der Waals surface area contributed by atoms with Crippen molar-refractivity contribution in [1.82, 2.24) is 0 Å². The summed E-state index contributed by atoms with van der Waals surface area (Å²) in [7, 11) is 4.80. The van der Waals surface area contributed by atoms with E-state index >= 15 is 0 Å². The molecule has 5 atom stereocenters. The second-order valence-electron chi connectivity index (χ2n) is 11.9. The van der Waals surface area contributed by atoms with Crippen molar-refractivity contribution in [2.24, 2.45) is 11.8 Å². The van der Waals surface area contributed by atoms with Gasteiger partial charge < -0.3 is 44.1 Å². The summed E-state index contributed by atoms with van der Waals surface area (Å²) in [5.41, 5.74) is 4.39. The first-order valence-corrected chi connectivity index (χ1v) is 15.5. The van der Waals surface area contributed by atoms with Gasteiger partial charge in [-0.1, -0.05) is 18.2 Å². The molecule has 0 spiro atoms. The van der Waals surface area contributed by atoms with Crippen LogP contribution in [0.15, 0.2) is 72.8 Å². The zero-order chi connectivity index (χ0) is 32.4. The Balaban J connectivity index is 1.37. The molecule has 0 radical (unpaired) electrons. The van der Waals surface area contributed by atoms with E-state index in [-0.39, 0.29) is 18.1 Å². The minimum Gasteiger partial charge on any atom is -0.508 e. The molecule has 4 aromatic carbocycles. The minimum atomic E-state index is -0.993. The number of ether oxygens (including phenoxy) is 5. The fraction of sp³-hybridized carbons (Fsp3) is 0.351. The van der Waals surface area contributed by atoms with Gasteiger partial charge in [-0.3, -0.25) is 0 Å². The minimum absolute atomic E-state index is 0.111. The first-order chi connectivity index (χ1) is 22.3. The van der Waals surface area contributed by atoms with Gasteiger partial charge in [0.2, 0.25) is 0 Å². The number of rotatable bonds is 10. The third-order valence-corrected chi connectivity index (χ3v) is 9.11. The molecule has 0 fully saturated rings. The van der Waals surface area contributed by atoms with Crippen LogP contribution in [0.25, 0.3) is 11.1 Å². The van der Waals surface area contributed by atoms with Crippen molar-refractivity contribution in [3.05, 3.63) is 95.1 Å². The van der Waals surface area contributed by atoms with Crippen molar-refractivity contribution in [2.45, 2.75) is 37.6 Å². The highest BCUT2D eigenvalue weighted by atomic mass is 16.5. The van der Waals surface area contributed by atoms with Crippen LogP contribution >= 0.6 is 0 Å². The van der Waals surface area contributed by atoms with Crippen LogP contribution in [0.5, 0.6) is 34.5 Å². The third-order valence-electron chi connectivity index (χ3n) is 9.11. The predicted molar refractivity (Wildman–Crippen MR) is 172 cm³/mol. The van der Waals surface area contributed by atoms with E-state index in [1.165, 1.54) is 0 Å². The molecule has 0 bridgehead atoms. The number of methoxy groups -OCH3 is 3. The van der Waals surface area contributed by atoms with Gasteiger partial charge in [0.05, 0.1) is 33.0 Å². The molecule has 6 rings (SSSR count). The summed E-state index contributed by atoms with van der Waals surface area (Å²) in [6.07, 6.45) is -0.614. The Hall–Kier alpha value is -4.44. The standard InChI is InChI=1S/C37H40O9/c1-42-13-5-8-33-34(36(41)29-18-26(43-2)10-12-32(29)46-33)31-20-45-37-23(17-27(44-3)19-30(37)35(31)40)14-22-16-25(39)9-11-28(22)21-6-4-7-24(38)15-21/h4,6-7,9-12,15-19,31,33-36,38-41H,5,8,13-14,20H2,1-3H3/t31-,33-,34-,35-,36+/m1/s1. The van der Waals surface area contributed by atoms with Crippen LogP contribution in [0.4, 0.5) is 0 Å². The van der Waals surface area contributed by atoms with Gasteiger partial charge in [0.1, 0.15) is 40.6 Å². The third kappa shape index (κ3) is 6.18. The monoisotopic (exact) mass is 628 g/mol. The van der Waals surface area contributed by atoms with Crippen molar-refractivity contribution >= 4 is 0 Å². The fourth-order valence-electron chi connectivity index (χ4n) is 6.87. The number of aromatic hydroxyl groups is 2. The number of fused-ring (bicyclic) bond motifs is 2. The van der Waals surface area contributed by atoms with E-state index < -0.39 is 30.1 Å². The van der Waals surface area contributed by atoms with Gasteiger partial charge in [-0.15, -0.1) is 0 Å². The van der Waals surface area contributed by atoms with Crippen LogP contribution < -0.4 is 18.9 Å². The van der Waals surface area contributed by atoms with Crippen LogP contribution in [0.3, 0.4) is 0 Å². The fourth-order valence-corrected chi connectivity index (χ4v) is 6.87. The molecule has 4 aromatic rings. The largest absolute Gasteiger partial charge is 0.508 e. The van der Waals surface area contributed by atoms with Crippen molar-refractivity contribution < 1.29 is 44.1 Å². The molecular formula is C37H40O9. The molecule has 0 saturated heterocycles. The molecule has 9 heteroatoms. The van der Waals surface area contributed by atoms with Gasteiger partial charge in [-0.05, 0) is 84.1 Å². The molecular weight excluding hydrogens is 588 g/mol. The van der Waals surface area contributed by atoms with Gasteiger partial charge in [0.15, 0.2) is 0 Å². The van der Waals surface area contributed by atoms with E-state index in [0.29, 0.717) is 53.6 Å². The lowest BCUT2D eigenvalue weighted by Gasteiger charge is -2.44. The quantitative estimate of drug-likeness (QED) is 0.158. The molecule has 2 aliphatic rings. The molecule has 0 unspecified atom stereocenters. The van der Waals surface area contributed by atoms with Crippen LogP contribution in [0.2, 0.25) is 0 Å². The number of hydrogen-bond donors (Lipinski definition) is 4. The Kier molecular flexibility index (Phi) is 9.26. The predicted octanol–water partition coefficient (Wildman–Crippen LogP) is 5.95. The van der Waals surface area contributed by atoms with Crippen LogP contribution in [-0.4, -0.2) is 61.1 Å². The summed E-state index contributed by atoms with van der Waals surface area (Å²) in [6, 6.07) is 21.1. The van der Waals surface area contributed by atoms with Crippen LogP contribution in [0, 0.1) is 11.8 Å². The maximum absolute atomic E-state index is 12.0. The highest BCUT2D eigenvalue weighted by Gasteiger charge is 2.47. The summed E-state index contributed by atoms with van der Waals surface area (Å²) in [4.78, 5) is 0. The Morgan fingerprint density at radius 1 is 0.783 bits per heavy atom. The number of aliphatic hydroxyl groups excluding tert-OH is 2. The smallest absolute Gasteiger partial charge is 0.128 e. The maximum atomic E-state index is 12.0. The Morgan fingerprint density at radius 3 is 2.33 bits per heavy atom. The van der Waals surface area contributed by atoms with Gasteiger partial charge in [0.25, 0.3) is 0 Å². The molecule has 0 aliphatic carbocycles. The summed E-state index contributed by atoms with van der Waals surface area (Å²) >= 11 is 0. The summed E-state index contributed by atoms with van der Waals surface area (Å²) < 4.78 is 29.3. The zero-order valence-corrected chi connectivity index (χ0v) is 26.2. The highest BCUT2D eigenvalue weighted by Crippen LogP contribution is 2.51. The Bertz CT molecular complexity index is 1690. The number of hydrogen-bond acceptors (Lipinski definition) is 9. The summed E-state index contributed by atoms with van der Waals surface area (Å²) in [5, 5.41) is 44.4. The molecule has 0 aromatic heterocycles. The number of phenols is 2. The van der Waals surface area contributed by atoms with E-state index in [0.717, 1.165) is 28.7 Å². The highest BCUT2D eigenvalue weighted by molar-refractivity contribution is 5.70. The normalized spacial score (nSPS) is 21.8. The van der Waals surface area contributed by atoms with Crippen molar-refractivity contribution in [3.8, 4) is 45.6 Å². The number of phenolic OH excluding ortho intramolecular Hbond substituents is 2. The number of aliphatic hydroxyl groups is 2. The van der Waals surface area contributed by atoms with E-state index in [9.17, 15) is 20.4 Å². The lowest BCUT2D eigenvalue weighted by Crippen LogP contribution is -2.46. The van der Waals surface area contributed by atoms with E-state index in [1.807, 2.05) is 24.3 Å². The second-order valence-corrected chi connectivity index (χ2v) is 11.9. The molecule has 9 nitrogen and oxygen atoms in total. The first-order valence-electron chi connectivity index (χ1n) is 15.5. The average molecular weight is 629 g/mol. The molecule has 2 heterocycles. The van der Waals surface area contributed by atoms with Crippen molar-refractivity contribution in [1.29, 1.82) is 0 Å². The molecule has 46 heavy (non-hydrogen) atoms. The Labute approximate surface area is 268 Å². The van der Waals surface area contributed by atoms with Crippen molar-refractivity contribution in [2.75, 3.05) is 34.5 Å². The number of benzene rings is 4. The van der Waals surface area contributed by atoms with Gasteiger partial charge in [-0.2, -0.15) is 0 Å². The molecule has 0 amide bonds. The lowest BCUT2D eigenvalue weighted by atomic mass is 9.72. The van der Waals surface area contributed by atoms with Gasteiger partial charge in [0, 0.05) is 48.7 Å². The van der Waals surface area contributed by atoms with E-state index in [2.05, 4.69) is 0 Å². The lowest BCUT2D eigenvalue weighted by molar-refractivity contribution is -0.0889. The topological polar surface area (TPSA) is 127 Å². The summed E-state index contributed by atoms with van der Waals surface area (Å²) in [6.45, 7) is 0.697. The van der Waals surface area contributed by atoms with Crippen molar-refractivity contribution in [3.63, 3.8) is 0 Å². The molecule has 4 N–H and O–H groups in total. The van der Waals surface area contributed by atoms with E-state index in [4.69, 9.17) is 23.7 Å². The Morgan fingerprint density at radius 2 is 1.57 bits per heavy atom. The first kappa shape index (κ1) is 31.5. The molecule has 2 aliphatic heterocycles. The van der Waals surface area contributed by atoms with E-state index in [1.54, 1.807) is 69.9 Å². The van der Waals surface area contributed by atoms with Crippen LogP contribution in [0.1, 0.15) is 47.3 Å². The summed E-state index contributed by atoms with van der Waals surface area (Å²) in [5.74, 6) is 1.55. The van der Waals surface area contributed by atoms with Crippen LogP contribution in [-0.2, 0) is 11.2 Å². The van der Waals surface area contributed by atoms with Gasteiger partial charge >= 0.3 is 0 Å². The maximum Gasteiger partial charge on any atom is 0.128 e. The zero-order valence-electron chi connectivity index (χ0n) is 26.2. The SMILES string of the molecule is COCCC[C@H]1Oc2ccc(OC)cc2[C@H](O)[C@@H]1[C@H]1COc2c(Cc3cc(O)ccc3-c3cccc(O)c3)cc(OC)cc2[C@H]1O. The average Bonchev–Trinajstić information content (AvgIpc) is 3.05.